The van der Waals surface area contributed by atoms with Gasteiger partial charge in [-0.25, -0.2) is 4.99 Å². The first-order valence-electron chi connectivity index (χ1n) is 17.7. The molecule has 1 unspecified atom stereocenters. The van der Waals surface area contributed by atoms with E-state index in [1.54, 1.807) is 4.57 Å². The lowest BCUT2D eigenvalue weighted by Gasteiger charge is -2.42. The molecule has 0 saturated carbocycles. The SMILES string of the molecule is CC1=C(C(=O)CC(C)C)C(c2ccc(N(C)C)cc2)n2c(s/c(=C\c3ccc(OCC(=O)N4CCC(N5CCN(C)CC5)CC4)cc3)c2=O)=N1. The number of piperazine rings is 1. The molecule has 3 aliphatic rings. The van der Waals surface area contributed by atoms with E-state index in [0.717, 1.165) is 68.9 Å². The van der Waals surface area contributed by atoms with Crippen LogP contribution in [0.2, 0.25) is 0 Å². The van der Waals surface area contributed by atoms with Gasteiger partial charge in [0.1, 0.15) is 5.75 Å². The molecule has 3 aromatic rings. The van der Waals surface area contributed by atoms with Gasteiger partial charge in [-0.3, -0.25) is 23.9 Å². The minimum atomic E-state index is -0.554. The molecule has 6 rings (SSSR count). The van der Waals surface area contributed by atoms with Crippen molar-refractivity contribution in [3.63, 3.8) is 0 Å². The van der Waals surface area contributed by atoms with E-state index in [1.807, 2.05) is 99.3 Å². The number of amides is 1. The fourth-order valence-electron chi connectivity index (χ4n) is 7.14. The summed E-state index contributed by atoms with van der Waals surface area (Å²) in [7, 11) is 6.14. The van der Waals surface area contributed by atoms with Gasteiger partial charge in [-0.05, 0) is 74.2 Å². The van der Waals surface area contributed by atoms with Crippen LogP contribution in [0.25, 0.3) is 6.08 Å². The second kappa shape index (κ2) is 15.4. The van der Waals surface area contributed by atoms with E-state index in [0.29, 0.717) is 38.8 Å². The number of ketones is 1. The van der Waals surface area contributed by atoms with Crippen molar-refractivity contribution in [2.24, 2.45) is 10.9 Å². The minimum absolute atomic E-state index is 0.00383. The van der Waals surface area contributed by atoms with Gasteiger partial charge < -0.3 is 19.4 Å². The average molecular weight is 699 g/mol. The van der Waals surface area contributed by atoms with Crippen molar-refractivity contribution in [1.29, 1.82) is 0 Å². The fourth-order valence-corrected chi connectivity index (χ4v) is 8.19. The van der Waals surface area contributed by atoms with Crippen LogP contribution < -0.4 is 24.5 Å². The maximum Gasteiger partial charge on any atom is 0.271 e. The first kappa shape index (κ1) is 35.8. The number of carbonyl (C=O) groups excluding carboxylic acids is 2. The van der Waals surface area contributed by atoms with E-state index in [1.165, 1.54) is 11.3 Å². The normalized spacial score (nSPS) is 19.5. The molecule has 3 aliphatic heterocycles. The van der Waals surface area contributed by atoms with E-state index >= 15 is 0 Å². The number of hydrogen-bond acceptors (Lipinski definition) is 9. The highest BCUT2D eigenvalue weighted by Crippen LogP contribution is 2.32. The Labute approximate surface area is 299 Å². The van der Waals surface area contributed by atoms with Crippen molar-refractivity contribution in [2.45, 2.75) is 52.1 Å². The van der Waals surface area contributed by atoms with Gasteiger partial charge in [-0.2, -0.15) is 0 Å². The molecule has 4 heterocycles. The zero-order chi connectivity index (χ0) is 35.5. The van der Waals surface area contributed by atoms with Crippen molar-refractivity contribution < 1.29 is 14.3 Å². The lowest BCUT2D eigenvalue weighted by Crippen LogP contribution is -2.53. The first-order valence-corrected chi connectivity index (χ1v) is 18.6. The Kier molecular flexibility index (Phi) is 11.0. The van der Waals surface area contributed by atoms with E-state index in [9.17, 15) is 14.4 Å². The summed E-state index contributed by atoms with van der Waals surface area (Å²) in [5.74, 6) is 0.814. The van der Waals surface area contributed by atoms with Crippen LogP contribution in [-0.2, 0) is 9.59 Å². The quantitative estimate of drug-likeness (QED) is 0.320. The number of anilines is 1. The Balaban J connectivity index is 1.16. The molecule has 2 saturated heterocycles. The molecule has 0 spiro atoms. The third-order valence-corrected chi connectivity index (χ3v) is 11.0. The van der Waals surface area contributed by atoms with Gasteiger partial charge in [-0.15, -0.1) is 0 Å². The van der Waals surface area contributed by atoms with Crippen LogP contribution in [-0.4, -0.2) is 104 Å². The number of carbonyl (C=O) groups is 2. The van der Waals surface area contributed by atoms with Crippen LogP contribution in [0, 0.1) is 5.92 Å². The highest BCUT2D eigenvalue weighted by atomic mass is 32.1. The summed E-state index contributed by atoms with van der Waals surface area (Å²) >= 11 is 1.33. The van der Waals surface area contributed by atoms with Gasteiger partial charge in [0, 0.05) is 82.8 Å². The summed E-state index contributed by atoms with van der Waals surface area (Å²) in [6, 6.07) is 15.5. The van der Waals surface area contributed by atoms with Gasteiger partial charge >= 0.3 is 0 Å². The zero-order valence-corrected chi connectivity index (χ0v) is 31.0. The number of likely N-dealkylation sites (tertiary alicyclic amines) is 1. The number of aromatic nitrogens is 1. The molecule has 10 nitrogen and oxygen atoms in total. The molecule has 2 fully saturated rings. The molecule has 1 amide bonds. The fraction of sp³-hybridized carbons (Fsp3) is 0.487. The smallest absolute Gasteiger partial charge is 0.271 e. The molecule has 2 aromatic carbocycles. The van der Waals surface area contributed by atoms with E-state index < -0.39 is 6.04 Å². The predicted molar refractivity (Wildman–Crippen MR) is 200 cm³/mol. The van der Waals surface area contributed by atoms with Gasteiger partial charge in [0.25, 0.3) is 11.5 Å². The number of allylic oxidation sites excluding steroid dienone is 2. The number of fused-ring (bicyclic) bond motifs is 1. The van der Waals surface area contributed by atoms with E-state index in [2.05, 4.69) is 16.8 Å². The number of thiazole rings is 1. The molecule has 0 radical (unpaired) electrons. The van der Waals surface area contributed by atoms with Crippen LogP contribution in [0.3, 0.4) is 0 Å². The first-order chi connectivity index (χ1) is 24.0. The largest absolute Gasteiger partial charge is 0.484 e. The Morgan fingerprint density at radius 2 is 1.64 bits per heavy atom. The molecule has 0 bridgehead atoms. The number of likely N-dealkylation sites (N-methyl/N-ethyl adjacent to an activating group) is 1. The molecule has 50 heavy (non-hydrogen) atoms. The van der Waals surface area contributed by atoms with Gasteiger partial charge in [0.2, 0.25) is 0 Å². The van der Waals surface area contributed by atoms with Crippen LogP contribution >= 0.6 is 11.3 Å². The molecule has 1 atom stereocenters. The second-order valence-electron chi connectivity index (χ2n) is 14.4. The van der Waals surface area contributed by atoms with Crippen molar-refractivity contribution in [3.05, 3.63) is 90.6 Å². The van der Waals surface area contributed by atoms with Crippen LogP contribution in [0.15, 0.2) is 69.6 Å². The number of Topliss-reactive ketones (excluding diaryl/α,β-unsaturated/α-hetero) is 1. The minimum Gasteiger partial charge on any atom is -0.484 e. The molecule has 266 valence electrons. The highest BCUT2D eigenvalue weighted by Gasteiger charge is 2.33. The molecule has 1 aromatic heterocycles. The molecule has 0 N–H and O–H groups in total. The molecule has 0 aliphatic carbocycles. The summed E-state index contributed by atoms with van der Waals surface area (Å²) in [4.78, 5) is 54.9. The number of rotatable bonds is 10. The van der Waals surface area contributed by atoms with Crippen molar-refractivity contribution in [2.75, 3.05) is 71.9 Å². The topological polar surface area (TPSA) is 90.7 Å². The Morgan fingerprint density at radius 1 is 0.980 bits per heavy atom. The van der Waals surface area contributed by atoms with Gasteiger partial charge in [0.05, 0.1) is 10.6 Å². The van der Waals surface area contributed by atoms with Crippen molar-refractivity contribution in [3.8, 4) is 5.75 Å². The van der Waals surface area contributed by atoms with Gasteiger partial charge in [0.15, 0.2) is 17.2 Å². The zero-order valence-electron chi connectivity index (χ0n) is 30.2. The molecule has 11 heteroatoms. The third kappa shape index (κ3) is 7.95. The Hall–Kier alpha value is -4.06. The number of ether oxygens (including phenoxy) is 1. The summed E-state index contributed by atoms with van der Waals surface area (Å²) in [6.07, 6.45) is 4.25. The average Bonchev–Trinajstić information content (AvgIpc) is 3.40. The summed E-state index contributed by atoms with van der Waals surface area (Å²) in [5, 5.41) is 0. The highest BCUT2D eigenvalue weighted by molar-refractivity contribution is 7.07. The maximum absolute atomic E-state index is 14.1. The lowest BCUT2D eigenvalue weighted by molar-refractivity contribution is -0.135. The predicted octanol–water partition coefficient (Wildman–Crippen LogP) is 3.53. The molecular weight excluding hydrogens is 649 g/mol. The Morgan fingerprint density at radius 3 is 2.26 bits per heavy atom. The number of piperidine rings is 1. The monoisotopic (exact) mass is 698 g/mol. The standard InChI is InChI=1S/C39H50N6O4S/c1-26(2)23-33(46)36-27(3)40-39-45(37(36)29-9-11-30(12-10-29)41(4)5)38(48)34(50-39)24-28-7-13-32(14-8-28)49-25-35(47)44-17-15-31(16-18-44)43-21-19-42(6)20-22-43/h7-14,24,26,31,37H,15-23,25H2,1-6H3/b34-24-. The summed E-state index contributed by atoms with van der Waals surface area (Å²) in [6.45, 7) is 11.9. The van der Waals surface area contributed by atoms with Crippen LogP contribution in [0.5, 0.6) is 5.75 Å². The van der Waals surface area contributed by atoms with E-state index in [4.69, 9.17) is 9.73 Å². The van der Waals surface area contributed by atoms with E-state index in [-0.39, 0.29) is 29.8 Å². The molecular formula is C39H50N6O4S. The summed E-state index contributed by atoms with van der Waals surface area (Å²) < 4.78 is 8.11. The Bertz CT molecular complexity index is 1890. The van der Waals surface area contributed by atoms with Crippen molar-refractivity contribution in [1.82, 2.24) is 19.3 Å². The lowest BCUT2D eigenvalue weighted by atomic mass is 9.89. The second-order valence-corrected chi connectivity index (χ2v) is 15.4. The van der Waals surface area contributed by atoms with Gasteiger partial charge in [-0.1, -0.05) is 49.4 Å². The van der Waals surface area contributed by atoms with Crippen LogP contribution in [0.4, 0.5) is 5.69 Å². The maximum atomic E-state index is 14.1. The van der Waals surface area contributed by atoms with Crippen molar-refractivity contribution >= 4 is 34.8 Å². The van der Waals surface area contributed by atoms with Crippen LogP contribution in [0.1, 0.15) is 57.2 Å². The summed E-state index contributed by atoms with van der Waals surface area (Å²) in [5.41, 5.74) is 3.79. The number of benzene rings is 2. The third-order valence-electron chi connectivity index (χ3n) is 10.1. The number of hydrogen-bond donors (Lipinski definition) is 0. The number of nitrogens with zero attached hydrogens (tertiary/aromatic N) is 6.